The molecule has 0 aromatic carbocycles. The minimum atomic E-state index is -0.306. The summed E-state index contributed by atoms with van der Waals surface area (Å²) in [5.41, 5.74) is 11.4. The van der Waals surface area contributed by atoms with E-state index in [1.54, 1.807) is 0 Å². The van der Waals surface area contributed by atoms with Crippen molar-refractivity contribution in [3.8, 4) is 0 Å². The Morgan fingerprint density at radius 1 is 1.47 bits per heavy atom. The van der Waals surface area contributed by atoms with Crippen molar-refractivity contribution in [3.05, 3.63) is 0 Å². The number of hydrogen-bond acceptors (Lipinski definition) is 3. The summed E-state index contributed by atoms with van der Waals surface area (Å²) in [4.78, 5) is 12.0. The summed E-state index contributed by atoms with van der Waals surface area (Å²) in [6.45, 7) is 6.63. The second-order valence-electron chi connectivity index (χ2n) is 5.88. The van der Waals surface area contributed by atoms with Crippen LogP contribution in [0.2, 0.25) is 0 Å². The highest BCUT2D eigenvalue weighted by Crippen LogP contribution is 2.27. The van der Waals surface area contributed by atoms with Crippen LogP contribution in [0.25, 0.3) is 0 Å². The molecule has 1 unspecified atom stereocenters. The molecule has 0 saturated heterocycles. The Hall–Kier alpha value is -0.610. The van der Waals surface area contributed by atoms with Gasteiger partial charge in [0.2, 0.25) is 5.91 Å². The predicted molar refractivity (Wildman–Crippen MR) is 70.4 cm³/mol. The van der Waals surface area contributed by atoms with Crippen LogP contribution >= 0.6 is 0 Å². The Morgan fingerprint density at radius 3 is 2.53 bits per heavy atom. The van der Waals surface area contributed by atoms with E-state index in [0.29, 0.717) is 24.8 Å². The molecule has 0 bridgehead atoms. The van der Waals surface area contributed by atoms with Crippen LogP contribution in [0.4, 0.5) is 0 Å². The predicted octanol–water partition coefficient (Wildman–Crippen LogP) is 0.994. The molecule has 0 radical (unpaired) electrons. The standard InChI is InChI=1S/C13H27N3O/c1-9(2)13(3,8-14)16-12(17)7-10-5-4-6-11(10)15/h9-11H,4-8,14-15H2,1-3H3,(H,16,17)/t10-,11+,13?/m0/s1. The summed E-state index contributed by atoms with van der Waals surface area (Å²) in [5.74, 6) is 0.770. The van der Waals surface area contributed by atoms with Crippen molar-refractivity contribution < 1.29 is 4.79 Å². The number of carbonyl (C=O) groups is 1. The van der Waals surface area contributed by atoms with Gasteiger partial charge in [-0.3, -0.25) is 4.79 Å². The van der Waals surface area contributed by atoms with Gasteiger partial charge < -0.3 is 16.8 Å². The van der Waals surface area contributed by atoms with Crippen LogP contribution in [0.1, 0.15) is 46.5 Å². The second-order valence-corrected chi connectivity index (χ2v) is 5.88. The minimum Gasteiger partial charge on any atom is -0.349 e. The average Bonchev–Trinajstić information content (AvgIpc) is 2.63. The molecule has 1 aliphatic rings. The number of rotatable bonds is 5. The van der Waals surface area contributed by atoms with Crippen LogP contribution < -0.4 is 16.8 Å². The molecule has 0 spiro atoms. The number of amides is 1. The first-order valence-electron chi connectivity index (χ1n) is 6.65. The van der Waals surface area contributed by atoms with E-state index in [-0.39, 0.29) is 17.5 Å². The highest BCUT2D eigenvalue weighted by molar-refractivity contribution is 5.77. The Kier molecular flexibility index (Phi) is 4.95. The maximum Gasteiger partial charge on any atom is 0.220 e. The SMILES string of the molecule is CC(C)C(C)(CN)NC(=O)C[C@@H]1CCC[C@H]1N. The van der Waals surface area contributed by atoms with Crippen molar-refractivity contribution in [1.82, 2.24) is 5.32 Å². The topological polar surface area (TPSA) is 81.1 Å². The van der Waals surface area contributed by atoms with E-state index in [2.05, 4.69) is 19.2 Å². The molecule has 0 aromatic heterocycles. The first-order valence-corrected chi connectivity index (χ1v) is 6.65. The van der Waals surface area contributed by atoms with E-state index in [1.165, 1.54) is 0 Å². The monoisotopic (exact) mass is 241 g/mol. The van der Waals surface area contributed by atoms with Crippen molar-refractivity contribution in [1.29, 1.82) is 0 Å². The van der Waals surface area contributed by atoms with Crippen molar-refractivity contribution in [2.45, 2.75) is 58.0 Å². The summed E-state index contributed by atoms with van der Waals surface area (Å²) in [6.07, 6.45) is 3.83. The Bertz CT molecular complexity index is 267. The summed E-state index contributed by atoms with van der Waals surface area (Å²) in [6, 6.07) is 0.198. The highest BCUT2D eigenvalue weighted by Gasteiger charge is 2.31. The van der Waals surface area contributed by atoms with Gasteiger partial charge in [0, 0.05) is 19.0 Å². The number of carbonyl (C=O) groups excluding carboxylic acids is 1. The first kappa shape index (κ1) is 14.5. The lowest BCUT2D eigenvalue weighted by atomic mass is 9.88. The molecule has 4 heteroatoms. The number of nitrogens with one attached hydrogen (secondary N) is 1. The molecular formula is C13H27N3O. The molecule has 1 fully saturated rings. The van der Waals surface area contributed by atoms with E-state index in [9.17, 15) is 4.79 Å². The summed E-state index contributed by atoms with van der Waals surface area (Å²) >= 11 is 0. The van der Waals surface area contributed by atoms with E-state index < -0.39 is 0 Å². The normalized spacial score (nSPS) is 28.1. The van der Waals surface area contributed by atoms with Crippen LogP contribution in [-0.2, 0) is 4.79 Å². The van der Waals surface area contributed by atoms with E-state index in [0.717, 1.165) is 19.3 Å². The lowest BCUT2D eigenvalue weighted by Crippen LogP contribution is -2.55. The average molecular weight is 241 g/mol. The molecule has 0 heterocycles. The van der Waals surface area contributed by atoms with Crippen LogP contribution in [0.5, 0.6) is 0 Å². The summed E-state index contributed by atoms with van der Waals surface area (Å²) in [7, 11) is 0. The zero-order valence-corrected chi connectivity index (χ0v) is 11.3. The third-order valence-corrected chi connectivity index (χ3v) is 4.29. The quantitative estimate of drug-likeness (QED) is 0.671. The Labute approximate surface area is 105 Å². The van der Waals surface area contributed by atoms with Crippen LogP contribution in [0.3, 0.4) is 0 Å². The van der Waals surface area contributed by atoms with Crippen molar-refractivity contribution in [2.75, 3.05) is 6.54 Å². The lowest BCUT2D eigenvalue weighted by molar-refractivity contribution is -0.124. The molecule has 1 rings (SSSR count). The third kappa shape index (κ3) is 3.68. The molecule has 1 amide bonds. The van der Waals surface area contributed by atoms with E-state index in [4.69, 9.17) is 11.5 Å². The minimum absolute atomic E-state index is 0.0917. The van der Waals surface area contributed by atoms with E-state index >= 15 is 0 Å². The molecule has 17 heavy (non-hydrogen) atoms. The molecule has 4 nitrogen and oxygen atoms in total. The maximum atomic E-state index is 12.0. The fourth-order valence-corrected chi connectivity index (χ4v) is 2.36. The van der Waals surface area contributed by atoms with Gasteiger partial charge in [0.25, 0.3) is 0 Å². The van der Waals surface area contributed by atoms with Crippen molar-refractivity contribution >= 4 is 5.91 Å². The van der Waals surface area contributed by atoms with Gasteiger partial charge in [0.15, 0.2) is 0 Å². The zero-order chi connectivity index (χ0) is 13.1. The fraction of sp³-hybridized carbons (Fsp3) is 0.923. The summed E-state index contributed by atoms with van der Waals surface area (Å²) < 4.78 is 0. The third-order valence-electron chi connectivity index (χ3n) is 4.29. The van der Waals surface area contributed by atoms with Gasteiger partial charge in [-0.05, 0) is 31.6 Å². The molecule has 0 aliphatic heterocycles. The van der Waals surface area contributed by atoms with E-state index in [1.807, 2.05) is 6.92 Å². The highest BCUT2D eigenvalue weighted by atomic mass is 16.1. The van der Waals surface area contributed by atoms with Crippen LogP contribution in [0.15, 0.2) is 0 Å². The van der Waals surface area contributed by atoms with Gasteiger partial charge >= 0.3 is 0 Å². The molecule has 1 aliphatic carbocycles. The largest absolute Gasteiger partial charge is 0.349 e. The van der Waals surface area contributed by atoms with Gasteiger partial charge in [0.05, 0.1) is 5.54 Å². The summed E-state index contributed by atoms with van der Waals surface area (Å²) in [5, 5.41) is 3.07. The van der Waals surface area contributed by atoms with Gasteiger partial charge in [-0.15, -0.1) is 0 Å². The first-order chi connectivity index (χ1) is 7.89. The Balaban J connectivity index is 2.48. The van der Waals surface area contributed by atoms with Gasteiger partial charge in [-0.25, -0.2) is 0 Å². The lowest BCUT2D eigenvalue weighted by Gasteiger charge is -2.34. The fourth-order valence-electron chi connectivity index (χ4n) is 2.36. The molecule has 5 N–H and O–H groups in total. The van der Waals surface area contributed by atoms with Crippen LogP contribution in [0, 0.1) is 11.8 Å². The van der Waals surface area contributed by atoms with Gasteiger partial charge in [-0.1, -0.05) is 20.3 Å². The second kappa shape index (κ2) is 5.83. The van der Waals surface area contributed by atoms with Crippen molar-refractivity contribution in [3.63, 3.8) is 0 Å². The van der Waals surface area contributed by atoms with Crippen molar-refractivity contribution in [2.24, 2.45) is 23.3 Å². The van der Waals surface area contributed by atoms with Gasteiger partial charge in [0.1, 0.15) is 0 Å². The Morgan fingerprint density at radius 2 is 2.12 bits per heavy atom. The maximum absolute atomic E-state index is 12.0. The molecule has 3 atom stereocenters. The van der Waals surface area contributed by atoms with Gasteiger partial charge in [-0.2, -0.15) is 0 Å². The molecule has 1 saturated carbocycles. The smallest absolute Gasteiger partial charge is 0.220 e. The number of hydrogen-bond donors (Lipinski definition) is 3. The van der Waals surface area contributed by atoms with Crippen LogP contribution in [-0.4, -0.2) is 24.0 Å². The molecule has 100 valence electrons. The molecular weight excluding hydrogens is 214 g/mol. The number of nitrogens with two attached hydrogens (primary N) is 2. The zero-order valence-electron chi connectivity index (χ0n) is 11.3. The molecule has 0 aromatic rings.